The number of aryl methyl sites for hydroxylation is 1. The lowest BCUT2D eigenvalue weighted by Gasteiger charge is -2.58. The average molecular weight is 477 g/mol. The van der Waals surface area contributed by atoms with Crippen LogP contribution < -0.4 is 5.32 Å². The Morgan fingerprint density at radius 2 is 1.94 bits per heavy atom. The molecule has 2 aromatic carbocycles. The third-order valence-electron chi connectivity index (χ3n) is 8.10. The molecule has 0 bridgehead atoms. The number of β-amino-alcohol motifs (C(OH)–C–C–N with tert-alkyl or cyclic N) is 1. The topological polar surface area (TPSA) is 72.8 Å². The lowest BCUT2D eigenvalue weighted by atomic mass is 9.55. The Kier molecular flexibility index (Phi) is 8.30. The molecular formula is C30H40N2O3. The number of carbonyl (C=O) groups is 1. The maximum atomic E-state index is 12.8. The molecule has 4 rings (SSSR count). The monoisotopic (exact) mass is 476 g/mol. The smallest absolute Gasteiger partial charge is 0.220 e. The van der Waals surface area contributed by atoms with Crippen LogP contribution in [0.5, 0.6) is 5.75 Å². The Balaban J connectivity index is 1.36. The molecule has 2 aliphatic rings. The van der Waals surface area contributed by atoms with E-state index in [1.165, 1.54) is 5.56 Å². The number of phenolic OH excluding ortho intramolecular Hbond substituents is 1. The minimum Gasteiger partial charge on any atom is -0.508 e. The van der Waals surface area contributed by atoms with Gasteiger partial charge in [-0.05, 0) is 74.8 Å². The zero-order valence-corrected chi connectivity index (χ0v) is 20.8. The van der Waals surface area contributed by atoms with E-state index in [2.05, 4.69) is 41.1 Å². The van der Waals surface area contributed by atoms with Gasteiger partial charge >= 0.3 is 0 Å². The first-order valence-corrected chi connectivity index (χ1v) is 13.1. The summed E-state index contributed by atoms with van der Waals surface area (Å²) in [6.45, 7) is 6.05. The van der Waals surface area contributed by atoms with Crippen molar-refractivity contribution in [1.82, 2.24) is 10.2 Å². The fourth-order valence-electron chi connectivity index (χ4n) is 6.26. The van der Waals surface area contributed by atoms with Gasteiger partial charge in [-0.25, -0.2) is 0 Å². The molecule has 0 unspecified atom stereocenters. The first-order chi connectivity index (χ1) is 16.9. The number of hydrogen-bond acceptors (Lipinski definition) is 4. The van der Waals surface area contributed by atoms with Crippen molar-refractivity contribution in [2.75, 3.05) is 19.6 Å². The maximum Gasteiger partial charge on any atom is 0.220 e. The fraction of sp³-hybridized carbons (Fsp3) is 0.500. The minimum atomic E-state index is -0.902. The molecule has 1 heterocycles. The zero-order valence-electron chi connectivity index (χ0n) is 20.8. The number of likely N-dealkylation sites (tertiary alicyclic amines) is 1. The number of carbonyl (C=O) groups excluding carboxylic acids is 1. The van der Waals surface area contributed by atoms with E-state index >= 15 is 0 Å². The van der Waals surface area contributed by atoms with Crippen molar-refractivity contribution in [1.29, 1.82) is 0 Å². The third kappa shape index (κ3) is 5.96. The third-order valence-corrected chi connectivity index (χ3v) is 8.10. The fourth-order valence-corrected chi connectivity index (χ4v) is 6.26. The van der Waals surface area contributed by atoms with Gasteiger partial charge in [-0.3, -0.25) is 9.69 Å². The van der Waals surface area contributed by atoms with E-state index in [1.807, 2.05) is 24.3 Å². The van der Waals surface area contributed by atoms with Crippen LogP contribution in [0.1, 0.15) is 62.5 Å². The first kappa shape index (κ1) is 25.5. The molecule has 3 N–H and O–H groups in total. The number of unbranched alkanes of at least 4 members (excludes halogenated alkanes) is 2. The summed E-state index contributed by atoms with van der Waals surface area (Å²) >= 11 is 0. The molecule has 1 saturated heterocycles. The molecule has 35 heavy (non-hydrogen) atoms. The van der Waals surface area contributed by atoms with Gasteiger partial charge in [0.2, 0.25) is 5.91 Å². The van der Waals surface area contributed by atoms with E-state index in [0.717, 1.165) is 57.2 Å². The van der Waals surface area contributed by atoms with Gasteiger partial charge in [-0.2, -0.15) is 0 Å². The molecule has 1 saturated carbocycles. The number of rotatable bonds is 10. The predicted molar refractivity (Wildman–Crippen MR) is 140 cm³/mol. The number of nitrogens with zero attached hydrogens (tertiary/aromatic N) is 1. The van der Waals surface area contributed by atoms with Crippen molar-refractivity contribution in [2.45, 2.75) is 74.8 Å². The number of nitrogens with one attached hydrogen (secondary N) is 1. The Hall–Kier alpha value is -2.63. The van der Waals surface area contributed by atoms with Gasteiger partial charge in [-0.15, -0.1) is 6.58 Å². The van der Waals surface area contributed by atoms with Crippen LogP contribution >= 0.6 is 0 Å². The van der Waals surface area contributed by atoms with Crippen molar-refractivity contribution in [3.63, 3.8) is 0 Å². The van der Waals surface area contributed by atoms with Crippen LogP contribution in [0, 0.1) is 0 Å². The van der Waals surface area contributed by atoms with Crippen molar-refractivity contribution in [2.24, 2.45) is 0 Å². The first-order valence-electron chi connectivity index (χ1n) is 13.1. The second kappa shape index (κ2) is 11.4. The van der Waals surface area contributed by atoms with Gasteiger partial charge in [-0.1, -0.05) is 55.0 Å². The second-order valence-corrected chi connectivity index (χ2v) is 10.5. The quantitative estimate of drug-likeness (QED) is 0.343. The summed E-state index contributed by atoms with van der Waals surface area (Å²) in [6.07, 6.45) is 9.37. The summed E-state index contributed by atoms with van der Waals surface area (Å²) in [7, 11) is 0. The molecule has 0 spiro atoms. The van der Waals surface area contributed by atoms with Crippen molar-refractivity contribution >= 4 is 5.91 Å². The molecule has 5 heteroatoms. The van der Waals surface area contributed by atoms with Crippen LogP contribution in [0.3, 0.4) is 0 Å². The van der Waals surface area contributed by atoms with Crippen molar-refractivity contribution in [3.8, 4) is 5.75 Å². The van der Waals surface area contributed by atoms with Gasteiger partial charge in [0, 0.05) is 31.0 Å². The molecule has 1 aliphatic heterocycles. The lowest BCUT2D eigenvalue weighted by molar-refractivity contribution is -0.132. The van der Waals surface area contributed by atoms with Crippen molar-refractivity contribution in [3.05, 3.63) is 78.4 Å². The van der Waals surface area contributed by atoms with Crippen molar-refractivity contribution < 1.29 is 15.0 Å². The zero-order chi connectivity index (χ0) is 24.7. The molecule has 2 fully saturated rings. The Labute approximate surface area is 209 Å². The highest BCUT2D eigenvalue weighted by atomic mass is 16.3. The summed E-state index contributed by atoms with van der Waals surface area (Å²) in [5.74, 6) is 0.324. The van der Waals surface area contributed by atoms with Gasteiger partial charge < -0.3 is 15.5 Å². The van der Waals surface area contributed by atoms with Gasteiger partial charge in [0.15, 0.2) is 0 Å². The normalized spacial score (nSPS) is 26.6. The predicted octanol–water partition coefficient (Wildman–Crippen LogP) is 4.72. The summed E-state index contributed by atoms with van der Waals surface area (Å²) < 4.78 is 0. The highest BCUT2D eigenvalue weighted by Gasteiger charge is 2.57. The van der Waals surface area contributed by atoms with Crippen LogP contribution in [0.15, 0.2) is 67.3 Å². The molecule has 188 valence electrons. The molecule has 5 nitrogen and oxygen atoms in total. The molecule has 0 aromatic heterocycles. The molecule has 3 atom stereocenters. The van der Waals surface area contributed by atoms with Gasteiger partial charge in [0.05, 0.1) is 5.60 Å². The van der Waals surface area contributed by atoms with E-state index in [-0.39, 0.29) is 17.7 Å². The number of fused-ring (bicyclic) bond motifs is 1. The van der Waals surface area contributed by atoms with E-state index in [9.17, 15) is 15.0 Å². The van der Waals surface area contributed by atoms with E-state index < -0.39 is 11.0 Å². The van der Waals surface area contributed by atoms with Crippen LogP contribution in [0.25, 0.3) is 0 Å². The number of piperidine rings is 1. The Bertz CT molecular complexity index is 994. The van der Waals surface area contributed by atoms with Crippen LogP contribution in [0.2, 0.25) is 0 Å². The van der Waals surface area contributed by atoms with E-state index in [4.69, 9.17) is 0 Å². The molecular weight excluding hydrogens is 436 g/mol. The largest absolute Gasteiger partial charge is 0.508 e. The molecule has 2 aromatic rings. The Morgan fingerprint density at radius 1 is 1.11 bits per heavy atom. The van der Waals surface area contributed by atoms with Crippen LogP contribution in [-0.2, 0) is 16.6 Å². The second-order valence-electron chi connectivity index (χ2n) is 10.5. The number of aliphatic hydroxyl groups is 1. The number of hydrogen-bond donors (Lipinski definition) is 3. The Morgan fingerprint density at radius 3 is 2.71 bits per heavy atom. The summed E-state index contributed by atoms with van der Waals surface area (Å²) in [5, 5.41) is 25.4. The minimum absolute atomic E-state index is 0.0281. The SMILES string of the molecule is C=CCN1CC[C@@]2(c3cccc(O)c3)C[C@@H](NC(=O)CCCCCc3ccccc3)CC[C@]2(O)C1. The van der Waals surface area contributed by atoms with Crippen LogP contribution in [-0.4, -0.2) is 52.3 Å². The molecule has 0 radical (unpaired) electrons. The highest BCUT2D eigenvalue weighted by molar-refractivity contribution is 5.76. The number of aromatic hydroxyl groups is 1. The number of phenols is 1. The number of benzene rings is 2. The van der Waals surface area contributed by atoms with Crippen LogP contribution in [0.4, 0.5) is 0 Å². The summed E-state index contributed by atoms with van der Waals surface area (Å²) in [5.41, 5.74) is 0.928. The standard InChI is InChI=1S/C30H40N2O3/c1-2-19-32-20-18-29(25-13-9-14-27(33)21-25)22-26(16-17-30(29,35)23-32)31-28(34)15-8-4-7-12-24-10-5-3-6-11-24/h2-3,5-6,9-11,13-14,21,26,33,35H,1,4,7-8,12,15-20,22-23H2,(H,31,34)/t26-,29-,30-/m0/s1. The average Bonchev–Trinajstić information content (AvgIpc) is 2.85. The summed E-state index contributed by atoms with van der Waals surface area (Å²) in [6, 6.07) is 17.9. The highest BCUT2D eigenvalue weighted by Crippen LogP contribution is 2.52. The lowest BCUT2D eigenvalue weighted by Crippen LogP contribution is -2.67. The summed E-state index contributed by atoms with van der Waals surface area (Å²) in [4.78, 5) is 15.0. The van der Waals surface area contributed by atoms with E-state index in [0.29, 0.717) is 25.8 Å². The maximum absolute atomic E-state index is 12.8. The molecule has 1 amide bonds. The van der Waals surface area contributed by atoms with Gasteiger partial charge in [0.1, 0.15) is 5.75 Å². The molecule has 1 aliphatic carbocycles. The van der Waals surface area contributed by atoms with E-state index in [1.54, 1.807) is 12.1 Å². The van der Waals surface area contributed by atoms with Gasteiger partial charge in [0.25, 0.3) is 0 Å². The number of amides is 1.